The van der Waals surface area contributed by atoms with Crippen LogP contribution in [0.2, 0.25) is 0 Å². The van der Waals surface area contributed by atoms with Crippen molar-refractivity contribution in [2.75, 3.05) is 0 Å². The van der Waals surface area contributed by atoms with E-state index < -0.39 is 5.41 Å². The molecule has 0 atom stereocenters. The zero-order chi connectivity index (χ0) is 31.3. The first-order chi connectivity index (χ1) is 23.8. The van der Waals surface area contributed by atoms with Gasteiger partial charge in [-0.05, 0) is 96.1 Å². The molecule has 2 heteroatoms. The van der Waals surface area contributed by atoms with Crippen molar-refractivity contribution in [3.05, 3.63) is 201 Å². The maximum absolute atomic E-state index is 10.7. The van der Waals surface area contributed by atoms with Crippen molar-refractivity contribution in [3.63, 3.8) is 0 Å². The Morgan fingerprint density at radius 2 is 0.958 bits per heavy atom. The van der Waals surface area contributed by atoms with Gasteiger partial charge in [0.2, 0.25) is 0 Å². The molecule has 1 heterocycles. The highest BCUT2D eigenvalue weighted by molar-refractivity contribution is 6.13. The minimum Gasteiger partial charge on any atom is -0.354 e. The van der Waals surface area contributed by atoms with Crippen molar-refractivity contribution in [3.8, 4) is 28.3 Å². The molecular formula is C46H26N2. The summed E-state index contributed by atoms with van der Waals surface area (Å²) in [5.41, 5.74) is 21.0. The first kappa shape index (κ1) is 25.0. The van der Waals surface area contributed by atoms with E-state index in [1.54, 1.807) is 0 Å². The Balaban J connectivity index is 1.25. The molecule has 5 aliphatic rings. The number of hydrogen-bond acceptors (Lipinski definition) is 1. The molecule has 8 aromatic rings. The van der Waals surface area contributed by atoms with E-state index in [9.17, 15) is 5.26 Å². The van der Waals surface area contributed by atoms with Crippen LogP contribution < -0.4 is 0 Å². The summed E-state index contributed by atoms with van der Waals surface area (Å²) < 4.78 is 0. The van der Waals surface area contributed by atoms with Crippen LogP contribution in [-0.4, -0.2) is 4.98 Å². The van der Waals surface area contributed by atoms with Gasteiger partial charge >= 0.3 is 0 Å². The summed E-state index contributed by atoms with van der Waals surface area (Å²) in [4.78, 5) is 3.84. The molecule has 1 spiro atoms. The van der Waals surface area contributed by atoms with Gasteiger partial charge in [0.05, 0.1) is 17.0 Å². The van der Waals surface area contributed by atoms with Crippen LogP contribution in [0.25, 0.3) is 44.1 Å². The third-order valence-electron chi connectivity index (χ3n) is 12.0. The molecular weight excluding hydrogens is 581 g/mol. The largest absolute Gasteiger partial charge is 0.354 e. The fourth-order valence-corrected chi connectivity index (χ4v) is 10.4. The summed E-state index contributed by atoms with van der Waals surface area (Å²) in [6.45, 7) is 0. The lowest BCUT2D eigenvalue weighted by Crippen LogP contribution is -2.28. The molecule has 0 aliphatic heterocycles. The van der Waals surface area contributed by atoms with Crippen LogP contribution in [0.1, 0.15) is 73.0 Å². The number of nitrogens with zero attached hydrogens (tertiary/aromatic N) is 1. The van der Waals surface area contributed by atoms with Crippen LogP contribution >= 0.6 is 0 Å². The van der Waals surface area contributed by atoms with Crippen LogP contribution in [-0.2, 0) is 5.41 Å². The lowest BCUT2D eigenvalue weighted by atomic mass is 9.59. The molecule has 7 aromatic carbocycles. The van der Waals surface area contributed by atoms with Crippen LogP contribution in [0, 0.1) is 11.3 Å². The van der Waals surface area contributed by atoms with Crippen molar-refractivity contribution in [1.29, 1.82) is 5.26 Å². The van der Waals surface area contributed by atoms with E-state index in [2.05, 4.69) is 151 Å². The Hall–Kier alpha value is -6.17. The van der Waals surface area contributed by atoms with E-state index in [4.69, 9.17) is 0 Å². The molecule has 0 saturated heterocycles. The van der Waals surface area contributed by atoms with Crippen LogP contribution in [0.5, 0.6) is 0 Å². The highest BCUT2D eigenvalue weighted by atomic mass is 14.7. The Bertz CT molecular complexity index is 2730. The van der Waals surface area contributed by atoms with Crippen molar-refractivity contribution >= 4 is 21.8 Å². The number of hydrogen-bond donors (Lipinski definition) is 1. The average molecular weight is 607 g/mol. The summed E-state index contributed by atoms with van der Waals surface area (Å²) in [5.74, 6) is 0.111. The second-order valence-corrected chi connectivity index (χ2v) is 13.9. The van der Waals surface area contributed by atoms with Crippen molar-refractivity contribution in [1.82, 2.24) is 4.98 Å². The van der Waals surface area contributed by atoms with Crippen LogP contribution in [0.4, 0.5) is 0 Å². The van der Waals surface area contributed by atoms with E-state index in [1.807, 2.05) is 0 Å². The summed E-state index contributed by atoms with van der Waals surface area (Å²) in [7, 11) is 0. The second kappa shape index (κ2) is 8.40. The van der Waals surface area contributed by atoms with Crippen molar-refractivity contribution < 1.29 is 0 Å². The van der Waals surface area contributed by atoms with Gasteiger partial charge in [-0.25, -0.2) is 0 Å². The third kappa shape index (κ3) is 2.64. The number of rotatable bonds is 0. The summed E-state index contributed by atoms with van der Waals surface area (Å²) >= 11 is 0. The molecule has 0 radical (unpaired) electrons. The van der Waals surface area contributed by atoms with Crippen molar-refractivity contribution in [2.45, 2.75) is 17.3 Å². The smallest absolute Gasteiger partial charge is 0.0995 e. The van der Waals surface area contributed by atoms with E-state index in [1.165, 1.54) is 88.7 Å². The topological polar surface area (TPSA) is 39.6 Å². The quantitative estimate of drug-likeness (QED) is 0.183. The molecule has 2 nitrogen and oxygen atoms in total. The van der Waals surface area contributed by atoms with E-state index in [-0.39, 0.29) is 11.8 Å². The number of fused-ring (bicyclic) bond motifs is 13. The van der Waals surface area contributed by atoms with E-state index in [0.717, 1.165) is 16.6 Å². The minimum atomic E-state index is -0.401. The number of H-pyrrole nitrogens is 1. The van der Waals surface area contributed by atoms with Gasteiger partial charge in [-0.3, -0.25) is 0 Å². The molecule has 13 rings (SSSR count). The SMILES string of the molecule is N#Cc1cc2[nH]c3cc4c(cc3c2c2c1C1c3ccccc3C2c2ccccc21)C1(c2ccccc2-c2ccccc21)c1ccccc1-4. The Kier molecular flexibility index (Phi) is 4.37. The van der Waals surface area contributed by atoms with Crippen molar-refractivity contribution in [2.24, 2.45) is 0 Å². The molecule has 0 fully saturated rings. The zero-order valence-electron chi connectivity index (χ0n) is 25.9. The molecule has 0 amide bonds. The summed E-state index contributed by atoms with van der Waals surface area (Å²) in [6, 6.07) is 54.5. The van der Waals surface area contributed by atoms with Gasteiger partial charge in [-0.1, -0.05) is 121 Å². The maximum Gasteiger partial charge on any atom is 0.0995 e. The van der Waals surface area contributed by atoms with Gasteiger partial charge in [0.25, 0.3) is 0 Å². The number of benzene rings is 7. The zero-order valence-corrected chi connectivity index (χ0v) is 25.9. The predicted octanol–water partition coefficient (Wildman–Crippen LogP) is 10.5. The van der Waals surface area contributed by atoms with Crippen LogP contribution in [0.15, 0.2) is 140 Å². The number of nitriles is 1. The third-order valence-corrected chi connectivity index (χ3v) is 12.0. The maximum atomic E-state index is 10.7. The van der Waals surface area contributed by atoms with Gasteiger partial charge in [0.15, 0.2) is 0 Å². The molecule has 2 bridgehead atoms. The highest BCUT2D eigenvalue weighted by Gasteiger charge is 2.52. The van der Waals surface area contributed by atoms with Gasteiger partial charge < -0.3 is 4.98 Å². The van der Waals surface area contributed by atoms with E-state index >= 15 is 0 Å². The van der Waals surface area contributed by atoms with Gasteiger partial charge in [-0.2, -0.15) is 5.26 Å². The summed E-state index contributed by atoms with van der Waals surface area (Å²) in [5, 5.41) is 13.2. The van der Waals surface area contributed by atoms with Gasteiger partial charge in [0.1, 0.15) is 0 Å². The second-order valence-electron chi connectivity index (χ2n) is 13.9. The van der Waals surface area contributed by atoms with Gasteiger partial charge in [-0.15, -0.1) is 0 Å². The Morgan fingerprint density at radius 1 is 0.479 bits per heavy atom. The average Bonchev–Trinajstić information content (AvgIpc) is 3.76. The monoisotopic (exact) mass is 606 g/mol. The molecule has 1 aromatic heterocycles. The predicted molar refractivity (Wildman–Crippen MR) is 192 cm³/mol. The molecule has 1 N–H and O–H groups in total. The number of aromatic nitrogens is 1. The first-order valence-corrected chi connectivity index (χ1v) is 16.8. The minimum absolute atomic E-state index is 0.0417. The summed E-state index contributed by atoms with van der Waals surface area (Å²) in [6.07, 6.45) is 0. The normalized spacial score (nSPS) is 17.7. The lowest BCUT2D eigenvalue weighted by molar-refractivity contribution is 0.759. The molecule has 220 valence electrons. The first-order valence-electron chi connectivity index (χ1n) is 16.8. The Morgan fingerprint density at radius 3 is 1.50 bits per heavy atom. The molecule has 0 unspecified atom stereocenters. The fourth-order valence-electron chi connectivity index (χ4n) is 10.4. The molecule has 48 heavy (non-hydrogen) atoms. The molecule has 0 saturated carbocycles. The number of nitrogens with one attached hydrogen (secondary N) is 1. The fraction of sp³-hybridized carbons (Fsp3) is 0.0652. The molecule has 5 aliphatic carbocycles. The van der Waals surface area contributed by atoms with E-state index in [0.29, 0.717) is 0 Å². The standard InChI is InChI=1S/C46H26N2/c47-24-25-21-40-44(45-41(25)42-29-14-1-3-16-31(29)43(45)32-17-4-2-15-30(32)42)34-22-38-33(23-39(34)48-40)28-13-7-10-20-37(28)46(38)35-18-8-5-11-26(35)27-12-6-9-19-36(27)46/h1-23,42-43,48H. The Labute approximate surface area is 277 Å². The lowest BCUT2D eigenvalue weighted by Gasteiger charge is -2.43. The van der Waals surface area contributed by atoms with Crippen LogP contribution in [0.3, 0.4) is 0 Å². The number of aromatic amines is 1. The highest BCUT2D eigenvalue weighted by Crippen LogP contribution is 2.64. The van der Waals surface area contributed by atoms with Gasteiger partial charge in [0, 0.05) is 33.6 Å².